The summed E-state index contributed by atoms with van der Waals surface area (Å²) in [6.45, 7) is 0. The molecule has 2 aromatic heterocycles. The maximum atomic E-state index is 5.32. The molecule has 0 amide bonds. The van der Waals surface area contributed by atoms with E-state index in [4.69, 9.17) is 15.0 Å². The number of para-hydroxylation sites is 3. The third-order valence-corrected chi connectivity index (χ3v) is 13.1. The van der Waals surface area contributed by atoms with E-state index >= 15 is 0 Å². The summed E-state index contributed by atoms with van der Waals surface area (Å²) in [6, 6.07) is 78.7. The summed E-state index contributed by atoms with van der Waals surface area (Å²) >= 11 is 0. The molecule has 2 aliphatic rings. The first-order valence-electron chi connectivity index (χ1n) is 21.2. The van der Waals surface area contributed by atoms with Crippen molar-refractivity contribution in [2.75, 3.05) is 0 Å². The molecule has 288 valence electrons. The molecule has 1 unspecified atom stereocenters. The Morgan fingerprint density at radius 2 is 0.839 bits per heavy atom. The number of benzene rings is 9. The van der Waals surface area contributed by atoms with Gasteiger partial charge in [-0.2, -0.15) is 0 Å². The highest BCUT2D eigenvalue weighted by atomic mass is 15.0. The van der Waals surface area contributed by atoms with E-state index in [1.54, 1.807) is 0 Å². The monoisotopic (exact) mass is 788 g/mol. The number of hydrogen-bond donors (Lipinski definition) is 0. The fourth-order valence-electron chi connectivity index (χ4n) is 10.4. The Morgan fingerprint density at radius 3 is 1.56 bits per heavy atom. The van der Waals surface area contributed by atoms with Crippen molar-refractivity contribution in [3.05, 3.63) is 241 Å². The molecule has 11 aromatic rings. The third-order valence-electron chi connectivity index (χ3n) is 13.1. The van der Waals surface area contributed by atoms with Crippen LogP contribution in [0.4, 0.5) is 0 Å². The van der Waals surface area contributed by atoms with Crippen LogP contribution in [0.5, 0.6) is 0 Å². The Morgan fingerprint density at radius 1 is 0.323 bits per heavy atom. The third kappa shape index (κ3) is 4.92. The summed E-state index contributed by atoms with van der Waals surface area (Å²) in [6.07, 6.45) is 0. The van der Waals surface area contributed by atoms with E-state index in [1.807, 2.05) is 36.4 Å². The van der Waals surface area contributed by atoms with Gasteiger partial charge in [0.25, 0.3) is 0 Å². The molecule has 4 heteroatoms. The van der Waals surface area contributed by atoms with Gasteiger partial charge in [-0.15, -0.1) is 0 Å². The van der Waals surface area contributed by atoms with Crippen LogP contribution in [0.15, 0.2) is 218 Å². The van der Waals surface area contributed by atoms with Crippen LogP contribution in [-0.2, 0) is 5.41 Å². The quantitative estimate of drug-likeness (QED) is 0.174. The Balaban J connectivity index is 1.12. The summed E-state index contributed by atoms with van der Waals surface area (Å²) in [5.74, 6) is 1.93. The number of hydrogen-bond acceptors (Lipinski definition) is 3. The molecule has 0 bridgehead atoms. The minimum atomic E-state index is -0.631. The van der Waals surface area contributed by atoms with Crippen LogP contribution in [0.1, 0.15) is 22.3 Å². The van der Waals surface area contributed by atoms with E-state index in [0.29, 0.717) is 17.5 Å². The molecule has 9 aromatic carbocycles. The van der Waals surface area contributed by atoms with Crippen LogP contribution in [0.2, 0.25) is 0 Å². The first kappa shape index (κ1) is 34.6. The van der Waals surface area contributed by atoms with Crippen molar-refractivity contribution in [1.82, 2.24) is 19.5 Å². The summed E-state index contributed by atoms with van der Waals surface area (Å²) in [4.78, 5) is 15.7. The molecule has 0 saturated carbocycles. The van der Waals surface area contributed by atoms with E-state index < -0.39 is 5.41 Å². The van der Waals surface area contributed by atoms with Gasteiger partial charge in [0.05, 0.1) is 22.1 Å². The SMILES string of the molecule is c1ccc(-c2ccc(-c3ccc4c(c3)-c3c(-c5nc(-c6ccccc6)nc(-c6ccccc6)n5)cccc3C43c4ccccc4-n4c5ccccc5c5cccc3c54)cc2)cc1. The van der Waals surface area contributed by atoms with E-state index in [0.717, 1.165) is 33.4 Å². The van der Waals surface area contributed by atoms with Gasteiger partial charge in [-0.25, -0.2) is 15.0 Å². The molecule has 1 aliphatic carbocycles. The lowest BCUT2D eigenvalue weighted by Crippen LogP contribution is -2.33. The second-order valence-corrected chi connectivity index (χ2v) is 16.3. The van der Waals surface area contributed by atoms with Crippen molar-refractivity contribution in [3.8, 4) is 73.2 Å². The van der Waals surface area contributed by atoms with E-state index in [-0.39, 0.29) is 0 Å². The molecule has 1 aliphatic heterocycles. The second kappa shape index (κ2) is 13.4. The van der Waals surface area contributed by atoms with E-state index in [2.05, 4.69) is 187 Å². The molecule has 1 atom stereocenters. The molecule has 3 heterocycles. The zero-order valence-electron chi connectivity index (χ0n) is 33.6. The van der Waals surface area contributed by atoms with Gasteiger partial charge in [0.1, 0.15) is 0 Å². The number of nitrogens with zero attached hydrogens (tertiary/aromatic N) is 4. The zero-order chi connectivity index (χ0) is 40.8. The Kier molecular flexibility index (Phi) is 7.49. The Bertz CT molecular complexity index is 3500. The van der Waals surface area contributed by atoms with Gasteiger partial charge >= 0.3 is 0 Å². The molecule has 0 fully saturated rings. The maximum absolute atomic E-state index is 5.32. The predicted molar refractivity (Wildman–Crippen MR) is 252 cm³/mol. The fraction of sp³-hybridized carbons (Fsp3) is 0.0172. The van der Waals surface area contributed by atoms with Gasteiger partial charge in [0.2, 0.25) is 0 Å². The molecular formula is C58H36N4. The highest BCUT2D eigenvalue weighted by Crippen LogP contribution is 2.62. The average Bonchev–Trinajstić information content (AvgIpc) is 3.85. The Labute approximate surface area is 359 Å². The zero-order valence-corrected chi connectivity index (χ0v) is 33.6. The van der Waals surface area contributed by atoms with E-state index in [9.17, 15) is 0 Å². The molecule has 0 saturated heterocycles. The fourth-order valence-corrected chi connectivity index (χ4v) is 10.4. The normalized spacial score (nSPS) is 14.5. The highest BCUT2D eigenvalue weighted by molar-refractivity contribution is 6.13. The second-order valence-electron chi connectivity index (χ2n) is 16.3. The minimum Gasteiger partial charge on any atom is -0.309 e. The van der Waals surface area contributed by atoms with Crippen molar-refractivity contribution >= 4 is 21.8 Å². The average molecular weight is 789 g/mol. The van der Waals surface area contributed by atoms with Crippen molar-refractivity contribution in [1.29, 1.82) is 0 Å². The maximum Gasteiger partial charge on any atom is 0.164 e. The van der Waals surface area contributed by atoms with Gasteiger partial charge in [0.15, 0.2) is 17.5 Å². The van der Waals surface area contributed by atoms with Gasteiger partial charge in [0, 0.05) is 27.5 Å². The molecule has 4 nitrogen and oxygen atoms in total. The van der Waals surface area contributed by atoms with Crippen LogP contribution < -0.4 is 0 Å². The lowest BCUT2D eigenvalue weighted by atomic mass is 9.65. The first-order chi connectivity index (χ1) is 30.8. The number of fused-ring (bicyclic) bond motifs is 12. The van der Waals surface area contributed by atoms with Gasteiger partial charge in [-0.3, -0.25) is 0 Å². The standard InChI is InChI=1S/C58H36N4/c1-4-16-37(17-5-1)38-30-32-39(33-31-38)42-34-35-47-46(36-42)53-45(57-60-55(40-18-6-2-7-19-40)59-56(61-57)41-20-8-3-9-21-41)24-15-26-49(53)58(47)48-25-11-13-29-52(48)62-51-28-12-10-22-43(51)44-23-14-27-50(58)54(44)62/h1-36H. The molecule has 13 rings (SSSR count). The van der Waals surface area contributed by atoms with Crippen LogP contribution in [-0.4, -0.2) is 19.5 Å². The van der Waals surface area contributed by atoms with Gasteiger partial charge in [-0.1, -0.05) is 200 Å². The Hall–Kier alpha value is -8.21. The molecule has 1 spiro atoms. The summed E-state index contributed by atoms with van der Waals surface area (Å²) in [7, 11) is 0. The van der Waals surface area contributed by atoms with Gasteiger partial charge < -0.3 is 4.57 Å². The smallest absolute Gasteiger partial charge is 0.164 e. The van der Waals surface area contributed by atoms with Crippen LogP contribution in [0.3, 0.4) is 0 Å². The number of rotatable bonds is 5. The summed E-state index contributed by atoms with van der Waals surface area (Å²) in [5, 5.41) is 2.51. The molecular weight excluding hydrogens is 753 g/mol. The molecule has 0 radical (unpaired) electrons. The minimum absolute atomic E-state index is 0.631. The predicted octanol–water partition coefficient (Wildman–Crippen LogP) is 14.0. The lowest BCUT2D eigenvalue weighted by Gasteiger charge is -2.39. The van der Waals surface area contributed by atoms with Crippen molar-refractivity contribution in [2.45, 2.75) is 5.41 Å². The van der Waals surface area contributed by atoms with Crippen molar-refractivity contribution in [3.63, 3.8) is 0 Å². The topological polar surface area (TPSA) is 43.6 Å². The van der Waals surface area contributed by atoms with Crippen molar-refractivity contribution < 1.29 is 0 Å². The molecule has 0 N–H and O–H groups in total. The van der Waals surface area contributed by atoms with Crippen LogP contribution >= 0.6 is 0 Å². The van der Waals surface area contributed by atoms with Crippen molar-refractivity contribution in [2.24, 2.45) is 0 Å². The largest absolute Gasteiger partial charge is 0.309 e. The van der Waals surface area contributed by atoms with Gasteiger partial charge in [-0.05, 0) is 73.8 Å². The highest BCUT2D eigenvalue weighted by Gasteiger charge is 2.51. The van der Waals surface area contributed by atoms with E-state index in [1.165, 1.54) is 66.4 Å². The summed E-state index contributed by atoms with van der Waals surface area (Å²) in [5.41, 5.74) is 17.9. The van der Waals surface area contributed by atoms with Crippen LogP contribution in [0.25, 0.3) is 95.0 Å². The number of aromatic nitrogens is 4. The van der Waals surface area contributed by atoms with Crippen LogP contribution in [0, 0.1) is 0 Å². The lowest BCUT2D eigenvalue weighted by molar-refractivity contribution is 0.748. The first-order valence-corrected chi connectivity index (χ1v) is 21.2. The summed E-state index contributed by atoms with van der Waals surface area (Å²) < 4.78 is 2.50. The molecule has 62 heavy (non-hydrogen) atoms.